The Kier molecular flexibility index (Phi) is 2.96. The molecule has 0 fully saturated rings. The molecule has 9 nitrogen and oxygen atoms in total. The minimum absolute atomic E-state index is 0.0858. The van der Waals surface area contributed by atoms with Gasteiger partial charge in [-0.2, -0.15) is 5.10 Å². The lowest BCUT2D eigenvalue weighted by molar-refractivity contribution is 0.0996. The number of primary amides is 1. The molecule has 2 aromatic heterocycles. The molecule has 19 heavy (non-hydrogen) atoms. The highest BCUT2D eigenvalue weighted by molar-refractivity contribution is 7.89. The normalized spacial score (nSPS) is 11.4. The second-order valence-corrected chi connectivity index (χ2v) is 5.20. The van der Waals surface area contributed by atoms with E-state index in [1.54, 1.807) is 0 Å². The smallest absolute Gasteiger partial charge is 0.271 e. The van der Waals surface area contributed by atoms with Crippen LogP contribution in [0.4, 0.5) is 5.69 Å². The lowest BCUT2D eigenvalue weighted by Crippen LogP contribution is -2.14. The van der Waals surface area contributed by atoms with Gasteiger partial charge in [0.25, 0.3) is 5.91 Å². The van der Waals surface area contributed by atoms with E-state index in [0.717, 1.165) is 6.20 Å². The maximum atomic E-state index is 11.1. The predicted octanol–water partition coefficient (Wildman–Crippen LogP) is -1.40. The van der Waals surface area contributed by atoms with Gasteiger partial charge in [0.05, 0.1) is 11.9 Å². The minimum atomic E-state index is -3.81. The van der Waals surface area contributed by atoms with Crippen molar-refractivity contribution in [2.45, 2.75) is 4.90 Å². The second kappa shape index (κ2) is 4.33. The Bertz CT molecular complexity index is 734. The number of primary sulfonamides is 1. The molecule has 100 valence electrons. The molecule has 0 spiro atoms. The average molecular weight is 282 g/mol. The molecule has 2 aromatic rings. The first-order chi connectivity index (χ1) is 8.79. The number of nitrogen functional groups attached to an aromatic ring is 1. The van der Waals surface area contributed by atoms with Crippen LogP contribution in [0.15, 0.2) is 29.4 Å². The van der Waals surface area contributed by atoms with Crippen LogP contribution >= 0.6 is 0 Å². The number of nitrogens with zero attached hydrogens (tertiary/aromatic N) is 3. The highest BCUT2D eigenvalue weighted by Crippen LogP contribution is 2.13. The third kappa shape index (κ3) is 2.53. The van der Waals surface area contributed by atoms with Crippen LogP contribution in [0.25, 0.3) is 5.82 Å². The van der Waals surface area contributed by atoms with Crippen molar-refractivity contribution in [3.63, 3.8) is 0 Å². The number of hydrogen-bond donors (Lipinski definition) is 3. The Balaban J connectivity index is 2.43. The summed E-state index contributed by atoms with van der Waals surface area (Å²) in [5.41, 5.74) is 10.6. The number of amides is 1. The SMILES string of the molecule is NC(=O)c1nn(-c2ccc(S(N)(=O)=O)cn2)cc1N. The van der Waals surface area contributed by atoms with Gasteiger partial charge in [-0.3, -0.25) is 4.79 Å². The lowest BCUT2D eigenvalue weighted by Gasteiger charge is -2.01. The molecule has 0 radical (unpaired) electrons. The monoisotopic (exact) mass is 282 g/mol. The first-order valence-corrected chi connectivity index (χ1v) is 6.48. The van der Waals surface area contributed by atoms with E-state index in [1.807, 2.05) is 0 Å². The molecule has 0 aliphatic rings. The fraction of sp³-hybridized carbons (Fsp3) is 0. The molecule has 0 aliphatic heterocycles. The Morgan fingerprint density at radius 1 is 1.32 bits per heavy atom. The highest BCUT2D eigenvalue weighted by Gasteiger charge is 2.13. The number of anilines is 1. The summed E-state index contributed by atoms with van der Waals surface area (Å²) >= 11 is 0. The number of aromatic nitrogens is 3. The van der Waals surface area contributed by atoms with Crippen molar-refractivity contribution in [3.8, 4) is 5.82 Å². The summed E-state index contributed by atoms with van der Waals surface area (Å²) < 4.78 is 23.3. The van der Waals surface area contributed by atoms with E-state index in [0.29, 0.717) is 0 Å². The van der Waals surface area contributed by atoms with Gasteiger partial charge in [0.15, 0.2) is 11.5 Å². The van der Waals surface area contributed by atoms with Crippen molar-refractivity contribution in [2.24, 2.45) is 10.9 Å². The van der Waals surface area contributed by atoms with Gasteiger partial charge in [0.1, 0.15) is 4.90 Å². The summed E-state index contributed by atoms with van der Waals surface area (Å²) in [6.07, 6.45) is 2.42. The molecule has 2 rings (SSSR count). The van der Waals surface area contributed by atoms with Gasteiger partial charge in [0.2, 0.25) is 10.0 Å². The second-order valence-electron chi connectivity index (χ2n) is 3.64. The number of sulfonamides is 1. The molecule has 10 heteroatoms. The molecule has 0 aromatic carbocycles. The molecule has 2 heterocycles. The topological polar surface area (TPSA) is 160 Å². The Hall–Kier alpha value is -2.46. The van der Waals surface area contributed by atoms with Gasteiger partial charge in [-0.05, 0) is 12.1 Å². The van der Waals surface area contributed by atoms with Crippen LogP contribution in [0.5, 0.6) is 0 Å². The van der Waals surface area contributed by atoms with E-state index in [-0.39, 0.29) is 22.1 Å². The van der Waals surface area contributed by atoms with Crippen molar-refractivity contribution < 1.29 is 13.2 Å². The number of rotatable bonds is 3. The minimum Gasteiger partial charge on any atom is -0.396 e. The van der Waals surface area contributed by atoms with Crippen LogP contribution in [0.3, 0.4) is 0 Å². The maximum absolute atomic E-state index is 11.1. The average Bonchev–Trinajstić information content (AvgIpc) is 2.70. The van der Waals surface area contributed by atoms with Crippen molar-refractivity contribution >= 4 is 21.6 Å². The molecule has 0 bridgehead atoms. The summed E-state index contributed by atoms with van der Waals surface area (Å²) in [5, 5.41) is 8.79. The van der Waals surface area contributed by atoms with Crippen LogP contribution in [-0.4, -0.2) is 29.1 Å². The molecule has 0 unspecified atom stereocenters. The lowest BCUT2D eigenvalue weighted by atomic mass is 10.4. The Morgan fingerprint density at radius 3 is 2.42 bits per heavy atom. The van der Waals surface area contributed by atoms with Gasteiger partial charge in [-0.25, -0.2) is 23.2 Å². The van der Waals surface area contributed by atoms with Crippen molar-refractivity contribution in [3.05, 3.63) is 30.2 Å². The first-order valence-electron chi connectivity index (χ1n) is 4.93. The first kappa shape index (κ1) is 13.0. The molecule has 0 saturated carbocycles. The Morgan fingerprint density at radius 2 is 2.00 bits per heavy atom. The van der Waals surface area contributed by atoms with E-state index >= 15 is 0 Å². The van der Waals surface area contributed by atoms with Gasteiger partial charge >= 0.3 is 0 Å². The maximum Gasteiger partial charge on any atom is 0.271 e. The predicted molar refractivity (Wildman–Crippen MR) is 65.7 cm³/mol. The molecule has 0 saturated heterocycles. The Labute approximate surface area is 108 Å². The third-order valence-electron chi connectivity index (χ3n) is 2.26. The van der Waals surface area contributed by atoms with Gasteiger partial charge in [-0.1, -0.05) is 0 Å². The third-order valence-corrected chi connectivity index (χ3v) is 3.16. The molecule has 6 N–H and O–H groups in total. The summed E-state index contributed by atoms with van der Waals surface area (Å²) in [6, 6.07) is 2.64. The summed E-state index contributed by atoms with van der Waals surface area (Å²) in [5.74, 6) is -0.496. The highest BCUT2D eigenvalue weighted by atomic mass is 32.2. The number of pyridine rings is 1. The fourth-order valence-corrected chi connectivity index (χ4v) is 1.83. The molecular weight excluding hydrogens is 272 g/mol. The van der Waals surface area contributed by atoms with Crippen LogP contribution in [0.2, 0.25) is 0 Å². The zero-order valence-corrected chi connectivity index (χ0v) is 10.3. The zero-order chi connectivity index (χ0) is 14.2. The summed E-state index contributed by atoms with van der Waals surface area (Å²) in [4.78, 5) is 14.7. The summed E-state index contributed by atoms with van der Waals surface area (Å²) in [7, 11) is -3.81. The molecular formula is C9H10N6O3S. The van der Waals surface area contributed by atoms with Crippen molar-refractivity contribution in [2.75, 3.05) is 5.73 Å². The van der Waals surface area contributed by atoms with E-state index in [1.165, 1.54) is 23.0 Å². The standard InChI is InChI=1S/C9H10N6O3S/c10-6-4-15(14-8(6)9(11)16)7-2-1-5(3-13-7)19(12,17)18/h1-4H,10H2,(H2,11,16)(H2,12,17,18). The van der Waals surface area contributed by atoms with Crippen LogP contribution in [0.1, 0.15) is 10.5 Å². The van der Waals surface area contributed by atoms with Crippen molar-refractivity contribution in [1.82, 2.24) is 14.8 Å². The molecule has 0 atom stereocenters. The van der Waals surface area contributed by atoms with E-state index in [4.69, 9.17) is 16.6 Å². The van der Waals surface area contributed by atoms with Crippen LogP contribution < -0.4 is 16.6 Å². The number of hydrogen-bond acceptors (Lipinski definition) is 6. The van der Waals surface area contributed by atoms with Gasteiger partial charge < -0.3 is 11.5 Å². The van der Waals surface area contributed by atoms with Gasteiger partial charge in [0, 0.05) is 6.20 Å². The van der Waals surface area contributed by atoms with E-state index < -0.39 is 15.9 Å². The number of nitrogens with two attached hydrogens (primary N) is 3. The number of carbonyl (C=O) groups is 1. The summed E-state index contributed by atoms with van der Waals surface area (Å²) in [6.45, 7) is 0. The quantitative estimate of drug-likeness (QED) is 0.627. The van der Waals surface area contributed by atoms with Gasteiger partial charge in [-0.15, -0.1) is 0 Å². The zero-order valence-electron chi connectivity index (χ0n) is 9.52. The van der Waals surface area contributed by atoms with Crippen LogP contribution in [0, 0.1) is 0 Å². The molecule has 0 aliphatic carbocycles. The number of carbonyl (C=O) groups excluding carboxylic acids is 1. The largest absolute Gasteiger partial charge is 0.396 e. The van der Waals surface area contributed by atoms with Crippen LogP contribution in [-0.2, 0) is 10.0 Å². The van der Waals surface area contributed by atoms with E-state index in [9.17, 15) is 13.2 Å². The fourth-order valence-electron chi connectivity index (χ4n) is 1.37. The molecule has 1 amide bonds. The van der Waals surface area contributed by atoms with E-state index in [2.05, 4.69) is 10.1 Å². The van der Waals surface area contributed by atoms with Crippen molar-refractivity contribution in [1.29, 1.82) is 0 Å².